The van der Waals surface area contributed by atoms with Crippen LogP contribution in [0.1, 0.15) is 43.4 Å². The van der Waals surface area contributed by atoms with Gasteiger partial charge in [-0.05, 0) is 19.9 Å². The number of likely N-dealkylation sites (N-methyl/N-ethyl adjacent to an activating group) is 1. The van der Waals surface area contributed by atoms with E-state index in [-0.39, 0.29) is 6.04 Å². The monoisotopic (exact) mass is 276 g/mol. The van der Waals surface area contributed by atoms with Crippen LogP contribution >= 0.6 is 0 Å². The summed E-state index contributed by atoms with van der Waals surface area (Å²) in [6, 6.07) is 0.230. The minimum absolute atomic E-state index is 0.230. The van der Waals surface area contributed by atoms with Crippen molar-refractivity contribution in [2.75, 3.05) is 6.54 Å². The fourth-order valence-corrected chi connectivity index (χ4v) is 2.42. The zero-order valence-electron chi connectivity index (χ0n) is 12.8. The van der Waals surface area contributed by atoms with E-state index in [0.717, 1.165) is 31.8 Å². The van der Waals surface area contributed by atoms with Gasteiger partial charge < -0.3 is 5.32 Å². The number of aryl methyl sites for hydroxylation is 2. The van der Waals surface area contributed by atoms with Crippen LogP contribution in [0.5, 0.6) is 0 Å². The lowest BCUT2D eigenvalue weighted by molar-refractivity contribution is 0.497. The Hall–Kier alpha value is -1.69. The molecular formula is C14H24N6. The fourth-order valence-electron chi connectivity index (χ4n) is 2.42. The molecule has 0 radical (unpaired) electrons. The quantitative estimate of drug-likeness (QED) is 0.835. The van der Waals surface area contributed by atoms with Gasteiger partial charge in [0.25, 0.3) is 0 Å². The van der Waals surface area contributed by atoms with Crippen LogP contribution in [0.2, 0.25) is 0 Å². The van der Waals surface area contributed by atoms with Crippen LogP contribution in [-0.2, 0) is 20.0 Å². The van der Waals surface area contributed by atoms with Crippen molar-refractivity contribution in [3.63, 3.8) is 0 Å². The molecule has 0 saturated heterocycles. The number of nitrogens with one attached hydrogen (secondary N) is 1. The zero-order valence-corrected chi connectivity index (χ0v) is 12.8. The van der Waals surface area contributed by atoms with E-state index in [9.17, 15) is 0 Å². The van der Waals surface area contributed by atoms with E-state index in [1.165, 1.54) is 11.3 Å². The summed E-state index contributed by atoms with van der Waals surface area (Å²) < 4.78 is 3.91. The fraction of sp³-hybridized carbons (Fsp3) is 0.643. The molecule has 1 atom stereocenters. The molecule has 1 N–H and O–H groups in total. The highest BCUT2D eigenvalue weighted by atomic mass is 15.3. The summed E-state index contributed by atoms with van der Waals surface area (Å²) in [6.07, 6.45) is 5.49. The van der Waals surface area contributed by atoms with Crippen molar-refractivity contribution < 1.29 is 0 Å². The number of rotatable bonds is 7. The second kappa shape index (κ2) is 6.65. The maximum atomic E-state index is 4.40. The predicted octanol–water partition coefficient (Wildman–Crippen LogP) is 1.62. The lowest BCUT2D eigenvalue weighted by Gasteiger charge is -2.17. The largest absolute Gasteiger partial charge is 0.310 e. The van der Waals surface area contributed by atoms with E-state index in [0.29, 0.717) is 0 Å². The molecule has 2 rings (SSSR count). The van der Waals surface area contributed by atoms with E-state index in [2.05, 4.69) is 41.3 Å². The molecule has 0 aliphatic carbocycles. The van der Waals surface area contributed by atoms with Crippen molar-refractivity contribution in [1.82, 2.24) is 29.9 Å². The normalized spacial score (nSPS) is 12.8. The SMILES string of the molecule is CCCn1ncnc1CC(NCC)c1cnn(C)c1C. The first kappa shape index (κ1) is 14.7. The molecule has 0 spiro atoms. The third kappa shape index (κ3) is 3.07. The van der Waals surface area contributed by atoms with Gasteiger partial charge in [-0.3, -0.25) is 9.36 Å². The van der Waals surface area contributed by atoms with Gasteiger partial charge in [0.1, 0.15) is 12.2 Å². The third-order valence-corrected chi connectivity index (χ3v) is 3.62. The molecule has 2 heterocycles. The summed E-state index contributed by atoms with van der Waals surface area (Å²) in [4.78, 5) is 4.40. The maximum absolute atomic E-state index is 4.40. The van der Waals surface area contributed by atoms with Gasteiger partial charge in [-0.15, -0.1) is 0 Å². The Morgan fingerprint density at radius 2 is 2.10 bits per heavy atom. The Kier molecular flexibility index (Phi) is 4.89. The molecule has 0 aromatic carbocycles. The maximum Gasteiger partial charge on any atom is 0.138 e. The van der Waals surface area contributed by atoms with Crippen LogP contribution in [0, 0.1) is 6.92 Å². The second-order valence-electron chi connectivity index (χ2n) is 5.02. The van der Waals surface area contributed by atoms with E-state index in [1.807, 2.05) is 22.6 Å². The van der Waals surface area contributed by atoms with Crippen LogP contribution in [0.15, 0.2) is 12.5 Å². The zero-order chi connectivity index (χ0) is 14.5. The molecule has 110 valence electrons. The molecule has 6 nitrogen and oxygen atoms in total. The van der Waals surface area contributed by atoms with Gasteiger partial charge in [-0.25, -0.2) is 4.98 Å². The average molecular weight is 276 g/mol. The van der Waals surface area contributed by atoms with Crippen molar-refractivity contribution in [3.8, 4) is 0 Å². The summed E-state index contributed by atoms with van der Waals surface area (Å²) in [5, 5.41) is 12.2. The molecule has 2 aromatic heterocycles. The highest BCUT2D eigenvalue weighted by Crippen LogP contribution is 2.20. The Balaban J connectivity index is 2.21. The average Bonchev–Trinajstić information content (AvgIpc) is 2.99. The highest BCUT2D eigenvalue weighted by molar-refractivity contribution is 5.21. The van der Waals surface area contributed by atoms with Gasteiger partial charge in [-0.1, -0.05) is 13.8 Å². The molecule has 0 aliphatic heterocycles. The van der Waals surface area contributed by atoms with Crippen LogP contribution in [0.3, 0.4) is 0 Å². The van der Waals surface area contributed by atoms with Crippen molar-refractivity contribution in [2.45, 2.75) is 46.2 Å². The van der Waals surface area contributed by atoms with Crippen LogP contribution in [0.25, 0.3) is 0 Å². The summed E-state index contributed by atoms with van der Waals surface area (Å²) in [5.41, 5.74) is 2.43. The summed E-state index contributed by atoms with van der Waals surface area (Å²) >= 11 is 0. The summed E-state index contributed by atoms with van der Waals surface area (Å²) in [7, 11) is 1.97. The lowest BCUT2D eigenvalue weighted by atomic mass is 10.0. The third-order valence-electron chi connectivity index (χ3n) is 3.62. The van der Waals surface area contributed by atoms with Gasteiger partial charge in [0.15, 0.2) is 0 Å². The van der Waals surface area contributed by atoms with Crippen molar-refractivity contribution in [2.24, 2.45) is 7.05 Å². The number of hydrogen-bond acceptors (Lipinski definition) is 4. The minimum Gasteiger partial charge on any atom is -0.310 e. The molecular weight excluding hydrogens is 252 g/mol. The van der Waals surface area contributed by atoms with Crippen LogP contribution in [-0.4, -0.2) is 31.1 Å². The molecule has 1 unspecified atom stereocenters. The molecule has 20 heavy (non-hydrogen) atoms. The van der Waals surface area contributed by atoms with Gasteiger partial charge in [0, 0.05) is 37.3 Å². The lowest BCUT2D eigenvalue weighted by Crippen LogP contribution is -2.25. The predicted molar refractivity (Wildman–Crippen MR) is 78.4 cm³/mol. The summed E-state index contributed by atoms with van der Waals surface area (Å²) in [5.74, 6) is 1.03. The molecule has 6 heteroatoms. The highest BCUT2D eigenvalue weighted by Gasteiger charge is 2.19. The van der Waals surface area contributed by atoms with E-state index in [4.69, 9.17) is 0 Å². The first-order valence-electron chi connectivity index (χ1n) is 7.25. The first-order valence-corrected chi connectivity index (χ1v) is 7.25. The van der Waals surface area contributed by atoms with E-state index >= 15 is 0 Å². The van der Waals surface area contributed by atoms with Crippen molar-refractivity contribution >= 4 is 0 Å². The molecule has 0 aliphatic rings. The Labute approximate surface area is 120 Å². The van der Waals surface area contributed by atoms with Gasteiger partial charge >= 0.3 is 0 Å². The van der Waals surface area contributed by atoms with Crippen molar-refractivity contribution in [3.05, 3.63) is 29.6 Å². The van der Waals surface area contributed by atoms with Gasteiger partial charge in [0.05, 0.1) is 6.20 Å². The second-order valence-corrected chi connectivity index (χ2v) is 5.02. The van der Waals surface area contributed by atoms with E-state index < -0.39 is 0 Å². The molecule has 0 fully saturated rings. The molecule has 0 bridgehead atoms. The molecule has 0 amide bonds. The van der Waals surface area contributed by atoms with E-state index in [1.54, 1.807) is 6.33 Å². The smallest absolute Gasteiger partial charge is 0.138 e. The number of nitrogens with zero attached hydrogens (tertiary/aromatic N) is 5. The Morgan fingerprint density at radius 3 is 2.70 bits per heavy atom. The minimum atomic E-state index is 0.230. The van der Waals surface area contributed by atoms with Gasteiger partial charge in [0.2, 0.25) is 0 Å². The van der Waals surface area contributed by atoms with Crippen molar-refractivity contribution in [1.29, 1.82) is 0 Å². The van der Waals surface area contributed by atoms with Crippen LogP contribution < -0.4 is 5.32 Å². The summed E-state index contributed by atoms with van der Waals surface area (Å²) in [6.45, 7) is 8.21. The molecule has 2 aromatic rings. The molecule has 0 saturated carbocycles. The Bertz CT molecular complexity index is 542. The first-order chi connectivity index (χ1) is 9.67. The Morgan fingerprint density at radius 1 is 1.30 bits per heavy atom. The van der Waals surface area contributed by atoms with Crippen LogP contribution in [0.4, 0.5) is 0 Å². The topological polar surface area (TPSA) is 60.6 Å². The number of hydrogen-bond donors (Lipinski definition) is 1. The number of aromatic nitrogens is 5. The van der Waals surface area contributed by atoms with Gasteiger partial charge in [-0.2, -0.15) is 10.2 Å². The standard InChI is InChI=1S/C14H24N6/c1-5-7-20-14(16-10-18-20)8-13(15-6-2)12-9-17-19(4)11(12)3/h9-10,13,15H,5-8H2,1-4H3.